The van der Waals surface area contributed by atoms with E-state index in [2.05, 4.69) is 5.32 Å². The quantitative estimate of drug-likeness (QED) is 0.401. The van der Waals surface area contributed by atoms with Gasteiger partial charge in [-0.1, -0.05) is 44.2 Å². The zero-order valence-electron chi connectivity index (χ0n) is 21.8. The minimum atomic E-state index is -3.60. The summed E-state index contributed by atoms with van der Waals surface area (Å²) in [6.45, 7) is 5.04. The molecule has 2 amide bonds. The second kappa shape index (κ2) is 13.3. The first kappa shape index (κ1) is 28.3. The number of rotatable bonds is 14. The van der Waals surface area contributed by atoms with Crippen LogP contribution in [0.15, 0.2) is 48.5 Å². The van der Waals surface area contributed by atoms with E-state index in [9.17, 15) is 18.0 Å². The maximum Gasteiger partial charge on any atom is 0.242 e. The summed E-state index contributed by atoms with van der Waals surface area (Å²) in [7, 11) is -3.60. The Morgan fingerprint density at radius 2 is 1.76 bits per heavy atom. The van der Waals surface area contributed by atoms with E-state index >= 15 is 0 Å². The molecule has 1 atom stereocenters. The van der Waals surface area contributed by atoms with Crippen molar-refractivity contribution < 1.29 is 27.5 Å². The van der Waals surface area contributed by atoms with Crippen LogP contribution in [0.4, 0.5) is 5.69 Å². The Kier molecular flexibility index (Phi) is 10.2. The third-order valence-electron chi connectivity index (χ3n) is 6.22. The summed E-state index contributed by atoms with van der Waals surface area (Å²) in [6.07, 6.45) is 3.47. The molecule has 2 aromatic carbocycles. The molecule has 0 spiro atoms. The van der Waals surface area contributed by atoms with E-state index in [1.807, 2.05) is 44.2 Å². The Labute approximate surface area is 219 Å². The van der Waals surface area contributed by atoms with Crippen molar-refractivity contribution in [3.05, 3.63) is 54.1 Å². The largest absolute Gasteiger partial charge is 0.454 e. The minimum Gasteiger partial charge on any atom is -0.454 e. The van der Waals surface area contributed by atoms with Gasteiger partial charge in [0.05, 0.1) is 11.9 Å². The van der Waals surface area contributed by atoms with Crippen LogP contribution in [0.3, 0.4) is 0 Å². The number of anilines is 1. The number of nitrogens with zero attached hydrogens (tertiary/aromatic N) is 2. The Hall–Kier alpha value is -3.27. The average molecular weight is 532 g/mol. The van der Waals surface area contributed by atoms with Gasteiger partial charge in [-0.2, -0.15) is 0 Å². The number of benzene rings is 2. The molecule has 1 N–H and O–H groups in total. The number of hydrogen-bond acceptors (Lipinski definition) is 6. The zero-order chi connectivity index (χ0) is 26.8. The number of amides is 2. The Balaban J connectivity index is 1.70. The number of ether oxygens (including phenoxy) is 2. The lowest BCUT2D eigenvalue weighted by atomic mass is 10.1. The molecule has 1 aliphatic heterocycles. The number of hydrogen-bond donors (Lipinski definition) is 1. The van der Waals surface area contributed by atoms with Crippen LogP contribution in [-0.2, 0) is 26.0 Å². The highest BCUT2D eigenvalue weighted by atomic mass is 32.2. The van der Waals surface area contributed by atoms with Gasteiger partial charge >= 0.3 is 0 Å². The first-order valence-electron chi connectivity index (χ1n) is 12.7. The van der Waals surface area contributed by atoms with Crippen molar-refractivity contribution in [3.63, 3.8) is 0 Å². The molecule has 0 aromatic heterocycles. The third-order valence-corrected chi connectivity index (χ3v) is 7.41. The van der Waals surface area contributed by atoms with Gasteiger partial charge in [0.15, 0.2) is 11.5 Å². The van der Waals surface area contributed by atoms with E-state index in [4.69, 9.17) is 9.47 Å². The van der Waals surface area contributed by atoms with Gasteiger partial charge in [0.1, 0.15) is 6.04 Å². The van der Waals surface area contributed by atoms with Gasteiger partial charge in [-0.05, 0) is 43.4 Å². The summed E-state index contributed by atoms with van der Waals surface area (Å²) in [5.74, 6) is 0.712. The van der Waals surface area contributed by atoms with Crippen molar-refractivity contribution in [2.24, 2.45) is 0 Å². The smallest absolute Gasteiger partial charge is 0.242 e. The lowest BCUT2D eigenvalue weighted by Gasteiger charge is -2.31. The minimum absolute atomic E-state index is 0.0927. The fraction of sp³-hybridized carbons (Fsp3) is 0.481. The second-order valence-corrected chi connectivity index (χ2v) is 10.9. The predicted molar refractivity (Wildman–Crippen MR) is 143 cm³/mol. The first-order valence-corrected chi connectivity index (χ1v) is 14.6. The van der Waals surface area contributed by atoms with E-state index in [0.29, 0.717) is 49.5 Å². The number of fused-ring (bicyclic) bond motifs is 1. The van der Waals surface area contributed by atoms with Gasteiger partial charge in [0.2, 0.25) is 28.6 Å². The molecule has 0 saturated heterocycles. The highest BCUT2D eigenvalue weighted by Gasteiger charge is 2.28. The van der Waals surface area contributed by atoms with Crippen LogP contribution in [0.1, 0.15) is 45.1 Å². The van der Waals surface area contributed by atoms with Crippen molar-refractivity contribution in [1.82, 2.24) is 10.2 Å². The number of nitrogens with one attached hydrogen (secondary N) is 1. The molecule has 9 nitrogen and oxygen atoms in total. The monoisotopic (exact) mass is 531 g/mol. The van der Waals surface area contributed by atoms with Crippen LogP contribution in [0.25, 0.3) is 0 Å². The van der Waals surface area contributed by atoms with E-state index in [1.165, 1.54) is 4.31 Å². The molecular formula is C27H37N3O6S. The topological polar surface area (TPSA) is 105 Å². The van der Waals surface area contributed by atoms with Crippen LogP contribution in [0.5, 0.6) is 11.5 Å². The normalized spacial score (nSPS) is 13.2. The van der Waals surface area contributed by atoms with E-state index in [-0.39, 0.29) is 31.6 Å². The summed E-state index contributed by atoms with van der Waals surface area (Å²) in [6, 6.07) is 14.2. The molecular weight excluding hydrogens is 494 g/mol. The maximum absolute atomic E-state index is 13.4. The van der Waals surface area contributed by atoms with Crippen LogP contribution >= 0.6 is 0 Å². The molecule has 0 bridgehead atoms. The highest BCUT2D eigenvalue weighted by Crippen LogP contribution is 2.36. The van der Waals surface area contributed by atoms with Crippen LogP contribution in [0.2, 0.25) is 0 Å². The van der Waals surface area contributed by atoms with Gasteiger partial charge in [-0.3, -0.25) is 13.9 Å². The van der Waals surface area contributed by atoms with Crippen molar-refractivity contribution >= 4 is 27.5 Å². The first-order chi connectivity index (χ1) is 17.7. The molecule has 1 heterocycles. The predicted octanol–water partition coefficient (Wildman–Crippen LogP) is 3.34. The van der Waals surface area contributed by atoms with E-state index in [0.717, 1.165) is 18.2 Å². The molecule has 0 radical (unpaired) electrons. The van der Waals surface area contributed by atoms with Gasteiger partial charge < -0.3 is 19.7 Å². The molecule has 202 valence electrons. The molecule has 3 rings (SSSR count). The lowest BCUT2D eigenvalue weighted by molar-refractivity contribution is -0.140. The van der Waals surface area contributed by atoms with Gasteiger partial charge in [-0.25, -0.2) is 8.42 Å². The van der Waals surface area contributed by atoms with Gasteiger partial charge in [-0.15, -0.1) is 0 Å². The van der Waals surface area contributed by atoms with Crippen LogP contribution in [0, 0.1) is 0 Å². The molecule has 37 heavy (non-hydrogen) atoms. The van der Waals surface area contributed by atoms with E-state index < -0.39 is 16.1 Å². The molecule has 0 aliphatic carbocycles. The van der Waals surface area contributed by atoms with E-state index in [1.54, 1.807) is 23.1 Å². The average Bonchev–Trinajstić information content (AvgIpc) is 3.35. The Morgan fingerprint density at radius 3 is 2.43 bits per heavy atom. The van der Waals surface area contributed by atoms with Crippen molar-refractivity contribution in [2.75, 3.05) is 37.0 Å². The molecule has 0 saturated carbocycles. The van der Waals surface area contributed by atoms with Crippen LogP contribution < -0.4 is 19.1 Å². The fourth-order valence-electron chi connectivity index (χ4n) is 4.31. The maximum atomic E-state index is 13.4. The van der Waals surface area contributed by atoms with Crippen molar-refractivity contribution in [2.45, 2.75) is 52.0 Å². The van der Waals surface area contributed by atoms with Gasteiger partial charge in [0, 0.05) is 32.1 Å². The number of carbonyl (C=O) groups excluding carboxylic acids is 2. The third kappa shape index (κ3) is 7.85. The summed E-state index contributed by atoms with van der Waals surface area (Å²) >= 11 is 0. The summed E-state index contributed by atoms with van der Waals surface area (Å²) in [5, 5.41) is 2.91. The zero-order valence-corrected chi connectivity index (χ0v) is 22.6. The summed E-state index contributed by atoms with van der Waals surface area (Å²) in [4.78, 5) is 27.9. The summed E-state index contributed by atoms with van der Waals surface area (Å²) in [5.41, 5.74) is 1.53. The fourth-order valence-corrected chi connectivity index (χ4v) is 5.26. The Bertz CT molecular complexity index is 1160. The highest BCUT2D eigenvalue weighted by molar-refractivity contribution is 7.92. The number of carbonyl (C=O) groups is 2. The van der Waals surface area contributed by atoms with Crippen LogP contribution in [-0.4, -0.2) is 63.9 Å². The number of sulfonamides is 1. The second-order valence-electron chi connectivity index (χ2n) is 9.01. The van der Waals surface area contributed by atoms with Crippen molar-refractivity contribution in [3.8, 4) is 11.5 Å². The molecule has 0 unspecified atom stereocenters. The lowest BCUT2D eigenvalue weighted by Crippen LogP contribution is -2.50. The SMILES string of the molecule is CCCNC(=O)[C@@H](CC)N(CCc1ccccc1)C(=O)CCCN(c1ccc2c(c1)OCO2)S(C)(=O)=O. The molecule has 10 heteroatoms. The summed E-state index contributed by atoms with van der Waals surface area (Å²) < 4.78 is 37.1. The Morgan fingerprint density at radius 1 is 1.03 bits per heavy atom. The van der Waals surface area contributed by atoms with Gasteiger partial charge in [0.25, 0.3) is 0 Å². The van der Waals surface area contributed by atoms with Crippen molar-refractivity contribution in [1.29, 1.82) is 0 Å². The molecule has 2 aromatic rings. The molecule has 0 fully saturated rings. The molecule has 1 aliphatic rings. The standard InChI is InChI=1S/C27H37N3O6S/c1-4-16-28-27(32)23(5-2)29(18-15-21-10-7-6-8-11-21)26(31)12-9-17-30(37(3,33)34)22-13-14-24-25(19-22)36-20-35-24/h6-8,10-11,13-14,19,23H,4-5,9,12,15-18,20H2,1-3H3,(H,28,32)/t23-/m1/s1.